The van der Waals surface area contributed by atoms with Crippen molar-refractivity contribution in [1.82, 2.24) is 5.32 Å². The number of hydrogen-bond donors (Lipinski definition) is 2. The summed E-state index contributed by atoms with van der Waals surface area (Å²) < 4.78 is 0. The summed E-state index contributed by atoms with van der Waals surface area (Å²) in [7, 11) is 0. The van der Waals surface area contributed by atoms with Gasteiger partial charge >= 0.3 is 0 Å². The normalized spacial score (nSPS) is 23.0. The first kappa shape index (κ1) is 14.4. The highest BCUT2D eigenvalue weighted by atomic mass is 79.9. The number of hydrogen-bond acceptors (Lipinski definition) is 2. The molecule has 19 heavy (non-hydrogen) atoms. The Labute approximate surface area is 122 Å². The van der Waals surface area contributed by atoms with Gasteiger partial charge in [-0.1, -0.05) is 47.0 Å². The number of carbonyl (C=O) groups is 1. The standard InChI is InChI=1S/C15H20BrNO2/c16-13-7-3-1-6-12(13)10-17-15(19)9-11-5-2-4-8-14(11)18/h2,4-5,8,12-13,18H,1,3,6-7,9-10H2,(H,17,19). The minimum Gasteiger partial charge on any atom is -0.508 e. The van der Waals surface area contributed by atoms with Crippen molar-refractivity contribution >= 4 is 21.8 Å². The molecule has 2 unspecified atom stereocenters. The number of amides is 1. The molecule has 2 atom stereocenters. The zero-order valence-electron chi connectivity index (χ0n) is 10.9. The molecular weight excluding hydrogens is 306 g/mol. The molecule has 1 fully saturated rings. The number of alkyl halides is 1. The molecule has 1 aliphatic carbocycles. The molecule has 2 rings (SSSR count). The third-order valence-electron chi connectivity index (χ3n) is 3.72. The summed E-state index contributed by atoms with van der Waals surface area (Å²) in [6.45, 7) is 0.725. The molecule has 0 aromatic heterocycles. The first-order valence-corrected chi connectivity index (χ1v) is 7.76. The van der Waals surface area contributed by atoms with Crippen molar-refractivity contribution < 1.29 is 9.90 Å². The van der Waals surface area contributed by atoms with Gasteiger partial charge in [-0.15, -0.1) is 0 Å². The fraction of sp³-hybridized carbons (Fsp3) is 0.533. The lowest BCUT2D eigenvalue weighted by Gasteiger charge is -2.27. The molecular formula is C15H20BrNO2. The molecule has 1 amide bonds. The monoisotopic (exact) mass is 325 g/mol. The van der Waals surface area contributed by atoms with Gasteiger partial charge in [0.05, 0.1) is 6.42 Å². The maximum Gasteiger partial charge on any atom is 0.224 e. The van der Waals surface area contributed by atoms with Gasteiger partial charge in [0.2, 0.25) is 5.91 Å². The first-order valence-electron chi connectivity index (χ1n) is 6.84. The van der Waals surface area contributed by atoms with Crippen molar-refractivity contribution in [2.24, 2.45) is 5.92 Å². The molecule has 3 nitrogen and oxygen atoms in total. The number of phenolic OH excluding ortho intramolecular Hbond substituents is 1. The van der Waals surface area contributed by atoms with Gasteiger partial charge in [-0.3, -0.25) is 4.79 Å². The Kier molecular flexibility index (Phi) is 5.25. The Morgan fingerprint density at radius 1 is 1.32 bits per heavy atom. The third kappa shape index (κ3) is 4.23. The summed E-state index contributed by atoms with van der Waals surface area (Å²) in [6.07, 6.45) is 5.14. The minimum atomic E-state index is -0.0215. The van der Waals surface area contributed by atoms with Crippen molar-refractivity contribution in [3.8, 4) is 5.75 Å². The number of para-hydroxylation sites is 1. The van der Waals surface area contributed by atoms with Crippen LogP contribution in [0.15, 0.2) is 24.3 Å². The van der Waals surface area contributed by atoms with E-state index in [9.17, 15) is 9.90 Å². The van der Waals surface area contributed by atoms with Crippen molar-refractivity contribution in [2.75, 3.05) is 6.54 Å². The number of carbonyl (C=O) groups excluding carboxylic acids is 1. The quantitative estimate of drug-likeness (QED) is 0.836. The molecule has 0 saturated heterocycles. The van der Waals surface area contributed by atoms with Gasteiger partial charge in [0.1, 0.15) is 5.75 Å². The molecule has 0 spiro atoms. The van der Waals surface area contributed by atoms with E-state index in [1.165, 1.54) is 25.7 Å². The fourth-order valence-electron chi connectivity index (χ4n) is 2.53. The van der Waals surface area contributed by atoms with E-state index in [1.54, 1.807) is 18.2 Å². The molecule has 1 aromatic carbocycles. The second kappa shape index (κ2) is 6.94. The Balaban J connectivity index is 1.80. The Bertz CT molecular complexity index is 436. The highest BCUT2D eigenvalue weighted by molar-refractivity contribution is 9.09. The lowest BCUT2D eigenvalue weighted by molar-refractivity contribution is -0.120. The Morgan fingerprint density at radius 3 is 2.79 bits per heavy atom. The van der Waals surface area contributed by atoms with Gasteiger partial charge in [-0.05, 0) is 24.8 Å². The van der Waals surface area contributed by atoms with Crippen LogP contribution in [-0.2, 0) is 11.2 Å². The van der Waals surface area contributed by atoms with Crippen LogP contribution in [0.2, 0.25) is 0 Å². The van der Waals surface area contributed by atoms with Crippen LogP contribution in [0, 0.1) is 5.92 Å². The van der Waals surface area contributed by atoms with Crippen molar-refractivity contribution in [3.05, 3.63) is 29.8 Å². The van der Waals surface area contributed by atoms with E-state index in [4.69, 9.17) is 0 Å². The lowest BCUT2D eigenvalue weighted by Crippen LogP contribution is -2.35. The molecule has 1 aliphatic rings. The summed E-state index contributed by atoms with van der Waals surface area (Å²) in [6, 6.07) is 6.98. The number of nitrogens with one attached hydrogen (secondary N) is 1. The average Bonchev–Trinajstić information content (AvgIpc) is 2.40. The molecule has 2 N–H and O–H groups in total. The van der Waals surface area contributed by atoms with Crippen LogP contribution in [0.3, 0.4) is 0 Å². The summed E-state index contributed by atoms with van der Waals surface area (Å²) in [5, 5.41) is 12.6. The van der Waals surface area contributed by atoms with Crippen LogP contribution in [-0.4, -0.2) is 22.4 Å². The van der Waals surface area contributed by atoms with E-state index in [0.29, 0.717) is 16.3 Å². The Morgan fingerprint density at radius 2 is 2.05 bits per heavy atom. The first-order chi connectivity index (χ1) is 9.16. The van der Waals surface area contributed by atoms with Gasteiger partial charge in [0, 0.05) is 16.9 Å². The molecule has 1 saturated carbocycles. The van der Waals surface area contributed by atoms with Crippen LogP contribution in [0.4, 0.5) is 0 Å². The summed E-state index contributed by atoms with van der Waals surface area (Å²) >= 11 is 3.69. The van der Waals surface area contributed by atoms with Crippen molar-refractivity contribution in [3.63, 3.8) is 0 Å². The van der Waals surface area contributed by atoms with E-state index >= 15 is 0 Å². The lowest BCUT2D eigenvalue weighted by atomic mass is 9.89. The molecule has 0 aliphatic heterocycles. The molecule has 1 aromatic rings. The SMILES string of the molecule is O=C(Cc1ccccc1O)NCC1CCCCC1Br. The summed E-state index contributed by atoms with van der Waals surface area (Å²) in [5.41, 5.74) is 0.680. The van der Waals surface area contributed by atoms with Crippen LogP contribution >= 0.6 is 15.9 Å². The summed E-state index contributed by atoms with van der Waals surface area (Å²) in [4.78, 5) is 12.4. The molecule has 0 heterocycles. The number of aromatic hydroxyl groups is 1. The van der Waals surface area contributed by atoms with Gasteiger partial charge in [-0.2, -0.15) is 0 Å². The number of rotatable bonds is 4. The van der Waals surface area contributed by atoms with Crippen LogP contribution in [0.5, 0.6) is 5.75 Å². The van der Waals surface area contributed by atoms with Gasteiger partial charge in [0.15, 0.2) is 0 Å². The largest absolute Gasteiger partial charge is 0.508 e. The van der Waals surface area contributed by atoms with Crippen LogP contribution < -0.4 is 5.32 Å². The van der Waals surface area contributed by atoms with E-state index in [0.717, 1.165) is 6.54 Å². The van der Waals surface area contributed by atoms with Gasteiger partial charge in [-0.25, -0.2) is 0 Å². The zero-order valence-corrected chi connectivity index (χ0v) is 12.5. The zero-order chi connectivity index (χ0) is 13.7. The maximum atomic E-state index is 11.9. The topological polar surface area (TPSA) is 49.3 Å². The predicted molar refractivity (Wildman–Crippen MR) is 79.5 cm³/mol. The van der Waals surface area contributed by atoms with Crippen molar-refractivity contribution in [2.45, 2.75) is 36.9 Å². The predicted octanol–water partition coefficient (Wildman–Crippen LogP) is 3.00. The van der Waals surface area contributed by atoms with E-state index < -0.39 is 0 Å². The Hall–Kier alpha value is -1.03. The van der Waals surface area contributed by atoms with E-state index in [1.807, 2.05) is 6.07 Å². The molecule has 4 heteroatoms. The van der Waals surface area contributed by atoms with Gasteiger partial charge in [0.25, 0.3) is 0 Å². The van der Waals surface area contributed by atoms with Crippen LogP contribution in [0.1, 0.15) is 31.2 Å². The molecule has 0 bridgehead atoms. The van der Waals surface area contributed by atoms with Crippen molar-refractivity contribution in [1.29, 1.82) is 0 Å². The average molecular weight is 326 g/mol. The van der Waals surface area contributed by atoms with E-state index in [2.05, 4.69) is 21.2 Å². The second-order valence-corrected chi connectivity index (χ2v) is 6.35. The van der Waals surface area contributed by atoms with E-state index in [-0.39, 0.29) is 18.1 Å². The van der Waals surface area contributed by atoms with Gasteiger partial charge < -0.3 is 10.4 Å². The number of phenols is 1. The number of halogens is 1. The highest BCUT2D eigenvalue weighted by Crippen LogP contribution is 2.29. The third-order valence-corrected chi connectivity index (χ3v) is 4.93. The second-order valence-electron chi connectivity index (χ2n) is 5.17. The summed E-state index contributed by atoms with van der Waals surface area (Å²) in [5.74, 6) is 0.697. The minimum absolute atomic E-state index is 0.0215. The number of benzene rings is 1. The fourth-order valence-corrected chi connectivity index (χ4v) is 3.31. The van der Waals surface area contributed by atoms with Crippen LogP contribution in [0.25, 0.3) is 0 Å². The molecule has 0 radical (unpaired) electrons. The molecule has 104 valence electrons. The maximum absolute atomic E-state index is 11.9. The smallest absolute Gasteiger partial charge is 0.224 e. The highest BCUT2D eigenvalue weighted by Gasteiger charge is 2.23.